The van der Waals surface area contributed by atoms with Gasteiger partial charge in [0.15, 0.2) is 0 Å². The third-order valence-electron chi connectivity index (χ3n) is 2.21. The molecule has 4 nitrogen and oxygen atoms in total. The number of halogens is 2. The van der Waals surface area contributed by atoms with Crippen molar-refractivity contribution in [3.05, 3.63) is 30.1 Å². The van der Waals surface area contributed by atoms with E-state index >= 15 is 0 Å². The maximum absolute atomic E-state index is 11.4. The highest BCUT2D eigenvalue weighted by molar-refractivity contribution is 5.85. The molecule has 17 heavy (non-hydrogen) atoms. The fourth-order valence-electron chi connectivity index (χ4n) is 1.14. The molecule has 0 fully saturated rings. The highest BCUT2D eigenvalue weighted by atomic mass is 35.5. The first-order valence-electron chi connectivity index (χ1n) is 5.11. The molecular formula is C11H19Cl2N3O. The molecule has 3 N–H and O–H groups in total. The van der Waals surface area contributed by atoms with E-state index in [0.29, 0.717) is 13.1 Å². The van der Waals surface area contributed by atoms with Gasteiger partial charge in [-0.1, -0.05) is 13.0 Å². The average molecular weight is 280 g/mol. The first-order valence-corrected chi connectivity index (χ1v) is 5.11. The Morgan fingerprint density at radius 3 is 2.71 bits per heavy atom. The number of nitrogens with one attached hydrogen (secondary N) is 1. The van der Waals surface area contributed by atoms with Gasteiger partial charge in [-0.3, -0.25) is 9.78 Å². The summed E-state index contributed by atoms with van der Waals surface area (Å²) in [5.74, 6) is -0.109. The number of aromatic nitrogens is 1. The van der Waals surface area contributed by atoms with Crippen LogP contribution in [0.2, 0.25) is 0 Å². The molecular weight excluding hydrogens is 261 g/mol. The zero-order chi connectivity index (χ0) is 11.1. The quantitative estimate of drug-likeness (QED) is 0.851. The summed E-state index contributed by atoms with van der Waals surface area (Å²) >= 11 is 0. The van der Waals surface area contributed by atoms with Gasteiger partial charge in [0.25, 0.3) is 0 Å². The second-order valence-electron chi connectivity index (χ2n) is 3.50. The predicted molar refractivity (Wildman–Crippen MR) is 73.7 cm³/mol. The lowest BCUT2D eigenvalue weighted by Crippen LogP contribution is -2.34. The van der Waals surface area contributed by atoms with E-state index in [4.69, 9.17) is 5.73 Å². The van der Waals surface area contributed by atoms with Crippen LogP contribution in [0, 0.1) is 5.92 Å². The Bertz CT molecular complexity index is 309. The summed E-state index contributed by atoms with van der Waals surface area (Å²) in [5.41, 5.74) is 6.37. The van der Waals surface area contributed by atoms with Gasteiger partial charge in [-0.05, 0) is 12.1 Å². The minimum Gasteiger partial charge on any atom is -0.355 e. The van der Waals surface area contributed by atoms with Crippen molar-refractivity contribution < 1.29 is 4.79 Å². The van der Waals surface area contributed by atoms with Crippen molar-refractivity contribution in [2.45, 2.75) is 13.3 Å². The Morgan fingerprint density at radius 2 is 2.18 bits per heavy atom. The highest BCUT2D eigenvalue weighted by Gasteiger charge is 2.09. The van der Waals surface area contributed by atoms with E-state index in [0.717, 1.165) is 12.1 Å². The summed E-state index contributed by atoms with van der Waals surface area (Å²) in [7, 11) is 0. The number of carbonyl (C=O) groups excluding carboxylic acids is 1. The maximum Gasteiger partial charge on any atom is 0.224 e. The molecule has 0 aliphatic carbocycles. The largest absolute Gasteiger partial charge is 0.355 e. The van der Waals surface area contributed by atoms with E-state index in [2.05, 4.69) is 10.3 Å². The van der Waals surface area contributed by atoms with Crippen molar-refractivity contribution in [2.75, 3.05) is 13.1 Å². The standard InChI is InChI=1S/C11H17N3O.2ClH/c1-9(8-12)11(15)14-7-5-10-4-2-3-6-13-10;;/h2-4,6,9H,5,7-8,12H2,1H3,(H,14,15);2*1H. The van der Waals surface area contributed by atoms with Crippen LogP contribution in [0.5, 0.6) is 0 Å². The normalized spacial score (nSPS) is 10.7. The fraction of sp³-hybridized carbons (Fsp3) is 0.455. The molecule has 1 aromatic heterocycles. The molecule has 98 valence electrons. The van der Waals surface area contributed by atoms with Crippen LogP contribution >= 0.6 is 24.8 Å². The van der Waals surface area contributed by atoms with Crippen molar-refractivity contribution in [1.82, 2.24) is 10.3 Å². The zero-order valence-electron chi connectivity index (χ0n) is 9.76. The number of carbonyl (C=O) groups is 1. The molecule has 0 radical (unpaired) electrons. The number of hydrogen-bond donors (Lipinski definition) is 2. The number of nitrogens with two attached hydrogens (primary N) is 1. The smallest absolute Gasteiger partial charge is 0.224 e. The van der Waals surface area contributed by atoms with Crippen LogP contribution in [0.1, 0.15) is 12.6 Å². The number of hydrogen-bond acceptors (Lipinski definition) is 3. The lowest BCUT2D eigenvalue weighted by molar-refractivity contribution is -0.124. The molecule has 6 heteroatoms. The molecule has 0 bridgehead atoms. The third kappa shape index (κ3) is 7.15. The summed E-state index contributed by atoms with van der Waals surface area (Å²) < 4.78 is 0. The number of nitrogens with zero attached hydrogens (tertiary/aromatic N) is 1. The van der Waals surface area contributed by atoms with Crippen molar-refractivity contribution in [2.24, 2.45) is 11.7 Å². The molecule has 1 unspecified atom stereocenters. The SMILES string of the molecule is CC(CN)C(=O)NCCc1ccccn1.Cl.Cl. The second-order valence-corrected chi connectivity index (χ2v) is 3.50. The second kappa shape index (κ2) is 10.3. The summed E-state index contributed by atoms with van der Waals surface area (Å²) in [5, 5.41) is 2.82. The molecule has 0 spiro atoms. The van der Waals surface area contributed by atoms with E-state index in [1.807, 2.05) is 25.1 Å². The molecule has 0 saturated heterocycles. The van der Waals surface area contributed by atoms with Crippen molar-refractivity contribution >= 4 is 30.7 Å². The molecule has 1 heterocycles. The van der Waals surface area contributed by atoms with Gasteiger partial charge in [0.2, 0.25) is 5.91 Å². The van der Waals surface area contributed by atoms with Crippen LogP contribution < -0.4 is 11.1 Å². The first-order chi connectivity index (χ1) is 7.24. The van der Waals surface area contributed by atoms with E-state index < -0.39 is 0 Å². The Labute approximate surface area is 114 Å². The van der Waals surface area contributed by atoms with Gasteiger partial charge in [0.1, 0.15) is 0 Å². The van der Waals surface area contributed by atoms with Gasteiger partial charge in [0, 0.05) is 37.3 Å². The van der Waals surface area contributed by atoms with Crippen molar-refractivity contribution in [3.8, 4) is 0 Å². The van der Waals surface area contributed by atoms with E-state index in [-0.39, 0.29) is 36.6 Å². The number of rotatable bonds is 5. The Morgan fingerprint density at radius 1 is 1.47 bits per heavy atom. The van der Waals surface area contributed by atoms with Gasteiger partial charge < -0.3 is 11.1 Å². The lowest BCUT2D eigenvalue weighted by atomic mass is 10.1. The van der Waals surface area contributed by atoms with Gasteiger partial charge in [-0.15, -0.1) is 24.8 Å². The molecule has 0 aromatic carbocycles. The van der Waals surface area contributed by atoms with Gasteiger partial charge in [-0.2, -0.15) is 0 Å². The van der Waals surface area contributed by atoms with Gasteiger partial charge in [-0.25, -0.2) is 0 Å². The summed E-state index contributed by atoms with van der Waals surface area (Å²) in [6.45, 7) is 2.81. The Hall–Kier alpha value is -0.840. The van der Waals surface area contributed by atoms with Crippen LogP contribution in [0.3, 0.4) is 0 Å². The molecule has 0 aliphatic heterocycles. The van der Waals surface area contributed by atoms with Crippen LogP contribution in [0.25, 0.3) is 0 Å². The highest BCUT2D eigenvalue weighted by Crippen LogP contribution is 1.94. The molecule has 1 rings (SSSR count). The molecule has 1 atom stereocenters. The van der Waals surface area contributed by atoms with Crippen molar-refractivity contribution in [3.63, 3.8) is 0 Å². The summed E-state index contributed by atoms with van der Waals surface area (Å²) in [4.78, 5) is 15.5. The van der Waals surface area contributed by atoms with Crippen LogP contribution in [0.4, 0.5) is 0 Å². The maximum atomic E-state index is 11.4. The summed E-state index contributed by atoms with van der Waals surface area (Å²) in [6.07, 6.45) is 2.50. The third-order valence-corrected chi connectivity index (χ3v) is 2.21. The van der Waals surface area contributed by atoms with E-state index in [1.54, 1.807) is 6.20 Å². The van der Waals surface area contributed by atoms with Crippen LogP contribution in [0.15, 0.2) is 24.4 Å². The minimum absolute atomic E-state index is 0. The predicted octanol–water partition coefficient (Wildman–Crippen LogP) is 1.18. The van der Waals surface area contributed by atoms with E-state index in [9.17, 15) is 4.79 Å². The molecule has 1 amide bonds. The number of pyridine rings is 1. The monoisotopic (exact) mass is 279 g/mol. The van der Waals surface area contributed by atoms with E-state index in [1.165, 1.54) is 0 Å². The fourth-order valence-corrected chi connectivity index (χ4v) is 1.14. The molecule has 0 aliphatic rings. The Kier molecular flexibility index (Phi) is 11.2. The van der Waals surface area contributed by atoms with Gasteiger partial charge in [0.05, 0.1) is 0 Å². The Balaban J connectivity index is 0. The zero-order valence-corrected chi connectivity index (χ0v) is 11.4. The van der Waals surface area contributed by atoms with Crippen LogP contribution in [-0.4, -0.2) is 24.0 Å². The lowest BCUT2D eigenvalue weighted by Gasteiger charge is -2.09. The van der Waals surface area contributed by atoms with Crippen molar-refractivity contribution in [1.29, 1.82) is 0 Å². The number of amides is 1. The molecule has 0 saturated carbocycles. The summed E-state index contributed by atoms with van der Waals surface area (Å²) in [6, 6.07) is 5.75. The van der Waals surface area contributed by atoms with Gasteiger partial charge >= 0.3 is 0 Å². The topological polar surface area (TPSA) is 68.0 Å². The van der Waals surface area contributed by atoms with Crippen LogP contribution in [-0.2, 0) is 11.2 Å². The minimum atomic E-state index is -0.117. The molecule has 1 aromatic rings. The average Bonchev–Trinajstić information content (AvgIpc) is 2.29. The first kappa shape index (κ1) is 18.5.